The van der Waals surface area contributed by atoms with E-state index < -0.39 is 11.5 Å². The highest BCUT2D eigenvalue weighted by molar-refractivity contribution is 6.06. The summed E-state index contributed by atoms with van der Waals surface area (Å²) in [6, 6.07) is 17.9. The van der Waals surface area contributed by atoms with Crippen molar-refractivity contribution in [3.63, 3.8) is 0 Å². The largest absolute Gasteiger partial charge is 0.497 e. The van der Waals surface area contributed by atoms with Gasteiger partial charge in [-0.1, -0.05) is 30.3 Å². The number of Topliss-reactive ketones (excluding diaryl/α,β-unsaturated/α-hetero) is 1. The molecule has 0 saturated carbocycles. The summed E-state index contributed by atoms with van der Waals surface area (Å²) >= 11 is 0. The molecule has 3 aromatic rings. The smallest absolute Gasteiger partial charge is 0.261 e. The van der Waals surface area contributed by atoms with Gasteiger partial charge in [0.2, 0.25) is 0 Å². The van der Waals surface area contributed by atoms with Crippen molar-refractivity contribution in [3.8, 4) is 5.75 Å². The molecule has 0 saturated heterocycles. The molecule has 0 aliphatic heterocycles. The number of benzene rings is 2. The molecule has 0 fully saturated rings. The first-order chi connectivity index (χ1) is 14.0. The van der Waals surface area contributed by atoms with Gasteiger partial charge in [0.25, 0.3) is 11.5 Å². The molecule has 0 unspecified atom stereocenters. The third-order valence-electron chi connectivity index (χ3n) is 5.17. The van der Waals surface area contributed by atoms with E-state index in [1.54, 1.807) is 31.4 Å². The molecule has 1 amide bonds. The fourth-order valence-corrected chi connectivity index (χ4v) is 3.63. The molecular weight excluding hydrogens is 368 g/mol. The second-order valence-corrected chi connectivity index (χ2v) is 7.03. The van der Waals surface area contributed by atoms with Crippen molar-refractivity contribution in [3.05, 3.63) is 93.4 Å². The van der Waals surface area contributed by atoms with Crippen LogP contribution in [0.2, 0.25) is 0 Å². The Bertz CT molecular complexity index is 1120. The fraction of sp³-hybridized carbons (Fsp3) is 0.174. The number of rotatable bonds is 4. The number of methoxy groups -OCH3 is 1. The minimum absolute atomic E-state index is 0.0273. The summed E-state index contributed by atoms with van der Waals surface area (Å²) in [7, 11) is 1.60. The Kier molecular flexibility index (Phi) is 4.99. The maximum Gasteiger partial charge on any atom is 0.261 e. The van der Waals surface area contributed by atoms with Gasteiger partial charge >= 0.3 is 0 Å². The van der Waals surface area contributed by atoms with E-state index in [1.165, 1.54) is 6.07 Å². The number of aromatic amines is 1. The molecule has 6 heteroatoms. The summed E-state index contributed by atoms with van der Waals surface area (Å²) in [6.07, 6.45) is 0.855. The first-order valence-corrected chi connectivity index (χ1v) is 9.35. The molecule has 1 aliphatic carbocycles. The van der Waals surface area contributed by atoms with Gasteiger partial charge in [-0.15, -0.1) is 0 Å². The van der Waals surface area contributed by atoms with E-state index in [0.717, 1.165) is 11.3 Å². The van der Waals surface area contributed by atoms with Crippen molar-refractivity contribution in [2.75, 3.05) is 12.4 Å². The quantitative estimate of drug-likeness (QED) is 0.715. The number of carbonyl (C=O) groups is 2. The zero-order valence-corrected chi connectivity index (χ0v) is 15.9. The number of hydrogen-bond acceptors (Lipinski definition) is 4. The summed E-state index contributed by atoms with van der Waals surface area (Å²) < 4.78 is 5.18. The monoisotopic (exact) mass is 388 g/mol. The molecule has 6 nitrogen and oxygen atoms in total. The number of ketones is 1. The van der Waals surface area contributed by atoms with Crippen LogP contribution in [0.1, 0.15) is 44.3 Å². The van der Waals surface area contributed by atoms with E-state index in [4.69, 9.17) is 4.74 Å². The fourth-order valence-electron chi connectivity index (χ4n) is 3.63. The van der Waals surface area contributed by atoms with Crippen molar-refractivity contribution < 1.29 is 14.3 Å². The predicted molar refractivity (Wildman–Crippen MR) is 110 cm³/mol. The number of fused-ring (bicyclic) bond motifs is 1. The Labute approximate surface area is 167 Å². The number of ether oxygens (including phenoxy) is 1. The highest BCUT2D eigenvalue weighted by Gasteiger charge is 2.29. The Balaban J connectivity index is 1.60. The van der Waals surface area contributed by atoms with E-state index >= 15 is 0 Å². The van der Waals surface area contributed by atoms with Gasteiger partial charge in [0.15, 0.2) is 5.78 Å². The van der Waals surface area contributed by atoms with E-state index in [2.05, 4.69) is 10.3 Å². The average molecular weight is 388 g/mol. The van der Waals surface area contributed by atoms with Gasteiger partial charge in [-0.3, -0.25) is 14.4 Å². The van der Waals surface area contributed by atoms with Gasteiger partial charge in [0, 0.05) is 23.4 Å². The second-order valence-electron chi connectivity index (χ2n) is 7.03. The van der Waals surface area contributed by atoms with Gasteiger partial charge in [0.05, 0.1) is 7.11 Å². The highest BCUT2D eigenvalue weighted by Crippen LogP contribution is 2.32. The van der Waals surface area contributed by atoms with Crippen molar-refractivity contribution in [1.82, 2.24) is 4.98 Å². The van der Waals surface area contributed by atoms with Crippen LogP contribution in [0.3, 0.4) is 0 Å². The lowest BCUT2D eigenvalue weighted by Crippen LogP contribution is -2.29. The summed E-state index contributed by atoms with van der Waals surface area (Å²) in [5.41, 5.74) is 2.01. The maximum absolute atomic E-state index is 12.8. The number of amides is 1. The van der Waals surface area contributed by atoms with Crippen LogP contribution < -0.4 is 15.6 Å². The first-order valence-electron chi connectivity index (χ1n) is 9.35. The average Bonchev–Trinajstić information content (AvgIpc) is 2.74. The zero-order valence-electron chi connectivity index (χ0n) is 15.9. The lowest BCUT2D eigenvalue weighted by atomic mass is 9.81. The normalized spacial score (nSPS) is 15.5. The molecule has 1 aliphatic rings. The summed E-state index contributed by atoms with van der Waals surface area (Å²) in [5, 5.41) is 2.68. The summed E-state index contributed by atoms with van der Waals surface area (Å²) in [5.74, 6) is 0.0988. The molecule has 1 heterocycles. The van der Waals surface area contributed by atoms with Gasteiger partial charge < -0.3 is 15.0 Å². The Morgan fingerprint density at radius 2 is 1.76 bits per heavy atom. The molecule has 2 N–H and O–H groups in total. The van der Waals surface area contributed by atoms with Gasteiger partial charge in [-0.25, -0.2) is 0 Å². The molecule has 0 radical (unpaired) electrons. The van der Waals surface area contributed by atoms with Crippen LogP contribution in [0, 0.1) is 0 Å². The van der Waals surface area contributed by atoms with Gasteiger partial charge in [-0.2, -0.15) is 0 Å². The number of nitrogens with one attached hydrogen (secondary N) is 2. The van der Waals surface area contributed by atoms with Crippen LogP contribution >= 0.6 is 0 Å². The molecule has 29 heavy (non-hydrogen) atoms. The van der Waals surface area contributed by atoms with Crippen LogP contribution in [0.5, 0.6) is 5.75 Å². The number of aromatic nitrogens is 1. The van der Waals surface area contributed by atoms with E-state index in [9.17, 15) is 14.4 Å². The topological polar surface area (TPSA) is 88.3 Å². The Morgan fingerprint density at radius 3 is 2.45 bits per heavy atom. The highest BCUT2D eigenvalue weighted by atomic mass is 16.5. The third kappa shape index (κ3) is 3.82. The van der Waals surface area contributed by atoms with Crippen molar-refractivity contribution >= 4 is 17.4 Å². The Hall–Kier alpha value is -3.67. The maximum atomic E-state index is 12.8. The number of carbonyl (C=O) groups excluding carboxylic acids is 2. The molecule has 2 aromatic carbocycles. The minimum atomic E-state index is -0.537. The van der Waals surface area contributed by atoms with Crippen molar-refractivity contribution in [2.45, 2.75) is 18.8 Å². The second kappa shape index (κ2) is 7.75. The van der Waals surface area contributed by atoms with E-state index in [1.807, 2.05) is 30.3 Å². The van der Waals surface area contributed by atoms with Crippen molar-refractivity contribution in [1.29, 1.82) is 0 Å². The van der Waals surface area contributed by atoms with E-state index in [0.29, 0.717) is 29.8 Å². The Morgan fingerprint density at radius 1 is 1.03 bits per heavy atom. The van der Waals surface area contributed by atoms with E-state index in [-0.39, 0.29) is 17.3 Å². The number of para-hydroxylation sites is 1. The third-order valence-corrected chi connectivity index (χ3v) is 5.17. The molecular formula is C23H20N2O4. The van der Waals surface area contributed by atoms with Crippen LogP contribution in [0.4, 0.5) is 5.69 Å². The van der Waals surface area contributed by atoms with Crippen LogP contribution in [-0.4, -0.2) is 23.8 Å². The molecule has 4 rings (SSSR count). The molecule has 146 valence electrons. The number of anilines is 1. The van der Waals surface area contributed by atoms with Crippen LogP contribution in [0.15, 0.2) is 65.5 Å². The van der Waals surface area contributed by atoms with Crippen molar-refractivity contribution in [2.24, 2.45) is 0 Å². The molecule has 1 atom stereocenters. The summed E-state index contributed by atoms with van der Waals surface area (Å²) in [6.45, 7) is 0. The van der Waals surface area contributed by atoms with Crippen LogP contribution in [-0.2, 0) is 6.42 Å². The summed E-state index contributed by atoms with van der Waals surface area (Å²) in [4.78, 5) is 40.5. The van der Waals surface area contributed by atoms with Crippen LogP contribution in [0.25, 0.3) is 0 Å². The minimum Gasteiger partial charge on any atom is -0.497 e. The predicted octanol–water partition coefficient (Wildman–Crippen LogP) is 3.55. The van der Waals surface area contributed by atoms with Gasteiger partial charge in [-0.05, 0) is 48.2 Å². The lowest BCUT2D eigenvalue weighted by molar-refractivity contribution is 0.0963. The lowest BCUT2D eigenvalue weighted by Gasteiger charge is -2.24. The molecule has 0 spiro atoms. The first kappa shape index (κ1) is 18.7. The molecule has 0 bridgehead atoms. The number of H-pyrrole nitrogens is 1. The number of pyridine rings is 1. The SMILES string of the molecule is COc1ccc([C@@H]2CC(=O)c3cc(C(=O)Nc4ccccc4)c(=O)[nH]c3C2)cc1. The standard InChI is InChI=1S/C23H20N2O4/c1-29-17-9-7-14(8-10-17)15-11-20-18(21(26)12-15)13-19(23(28)25-20)22(27)24-16-5-3-2-4-6-16/h2-10,13,15H,11-12H2,1H3,(H,24,27)(H,25,28)/t15-/m0/s1. The molecule has 1 aromatic heterocycles. The number of hydrogen-bond donors (Lipinski definition) is 2. The zero-order chi connectivity index (χ0) is 20.4. The van der Waals surface area contributed by atoms with Gasteiger partial charge in [0.1, 0.15) is 11.3 Å².